The maximum atomic E-state index is 2.56. The van der Waals surface area contributed by atoms with Crippen LogP contribution in [0.2, 0.25) is 0 Å². The first kappa shape index (κ1) is 14.8. The Labute approximate surface area is 125 Å². The van der Waals surface area contributed by atoms with Crippen LogP contribution in [0.5, 0.6) is 0 Å². The first-order valence-electron chi connectivity index (χ1n) is 8.95. The first-order valence-corrected chi connectivity index (χ1v) is 8.95. The molecule has 4 aliphatic rings. The summed E-state index contributed by atoms with van der Waals surface area (Å²) < 4.78 is 0. The second-order valence-electron chi connectivity index (χ2n) is 8.25. The summed E-state index contributed by atoms with van der Waals surface area (Å²) in [5.74, 6) is 5.11. The largest absolute Gasteiger partial charge is 0.306 e. The Morgan fingerprint density at radius 3 is 1.95 bits per heavy atom. The summed E-state index contributed by atoms with van der Waals surface area (Å²) in [6.07, 6.45) is 7.42. The van der Waals surface area contributed by atoms with Crippen LogP contribution in [0, 0.1) is 29.6 Å². The van der Waals surface area contributed by atoms with Crippen LogP contribution in [-0.2, 0) is 0 Å². The van der Waals surface area contributed by atoms with Crippen LogP contribution in [0.1, 0.15) is 46.0 Å². The van der Waals surface area contributed by atoms with Gasteiger partial charge in [0.2, 0.25) is 0 Å². The van der Waals surface area contributed by atoms with Crippen molar-refractivity contribution in [3.63, 3.8) is 0 Å². The molecule has 4 rings (SSSR count). The highest BCUT2D eigenvalue weighted by Gasteiger charge is 2.40. The predicted octanol–water partition coefficient (Wildman–Crippen LogP) is 3.33. The third-order valence-electron chi connectivity index (χ3n) is 6.91. The van der Waals surface area contributed by atoms with Crippen LogP contribution in [-0.4, -0.2) is 49.6 Å². The lowest BCUT2D eigenvalue weighted by molar-refractivity contribution is 0.144. The highest BCUT2D eigenvalue weighted by Crippen LogP contribution is 2.41. The third kappa shape index (κ3) is 2.78. The SMILES string of the molecule is CC1C2CCC1CN(C)C2.CC1CCC2CCN(C)C12. The molecule has 2 saturated carbocycles. The van der Waals surface area contributed by atoms with Gasteiger partial charge in [-0.05, 0) is 82.3 Å². The molecule has 0 aromatic rings. The molecule has 2 saturated heterocycles. The van der Waals surface area contributed by atoms with Crippen molar-refractivity contribution in [3.8, 4) is 0 Å². The van der Waals surface area contributed by atoms with Gasteiger partial charge in [0.15, 0.2) is 0 Å². The predicted molar refractivity (Wildman–Crippen MR) is 85.8 cm³/mol. The molecule has 0 radical (unpaired) electrons. The van der Waals surface area contributed by atoms with E-state index in [1.54, 1.807) is 0 Å². The Morgan fingerprint density at radius 1 is 0.750 bits per heavy atom. The van der Waals surface area contributed by atoms with Gasteiger partial charge < -0.3 is 9.80 Å². The molecule has 0 spiro atoms. The number of rotatable bonds is 0. The van der Waals surface area contributed by atoms with E-state index in [0.717, 1.165) is 35.6 Å². The van der Waals surface area contributed by atoms with Crippen LogP contribution in [0.25, 0.3) is 0 Å². The molecule has 0 amide bonds. The summed E-state index contributed by atoms with van der Waals surface area (Å²) in [6.45, 7) is 8.91. The van der Waals surface area contributed by atoms with Gasteiger partial charge in [0.25, 0.3) is 0 Å². The van der Waals surface area contributed by atoms with E-state index in [1.165, 1.54) is 51.7 Å². The molecule has 5 atom stereocenters. The maximum absolute atomic E-state index is 2.56. The van der Waals surface area contributed by atoms with E-state index in [4.69, 9.17) is 0 Å². The summed E-state index contributed by atoms with van der Waals surface area (Å²) in [6, 6.07) is 0.944. The molecule has 2 heteroatoms. The molecule has 2 bridgehead atoms. The molecule has 2 nitrogen and oxygen atoms in total. The summed E-state index contributed by atoms with van der Waals surface area (Å²) in [5.41, 5.74) is 0. The molecule has 2 aliphatic carbocycles. The molecule has 20 heavy (non-hydrogen) atoms. The van der Waals surface area contributed by atoms with Gasteiger partial charge >= 0.3 is 0 Å². The van der Waals surface area contributed by atoms with Gasteiger partial charge in [-0.3, -0.25) is 0 Å². The van der Waals surface area contributed by atoms with Crippen LogP contribution >= 0.6 is 0 Å². The average molecular weight is 278 g/mol. The zero-order chi connectivity index (χ0) is 14.3. The monoisotopic (exact) mass is 278 g/mol. The molecule has 5 unspecified atom stereocenters. The second-order valence-corrected chi connectivity index (χ2v) is 8.25. The standard InChI is InChI=1S/2C9H17N/c1-7-8-3-4-9(7)6-10(2)5-8;1-7-3-4-8-5-6-10(2)9(7)8/h2*7-9H,3-6H2,1-2H3. The van der Waals surface area contributed by atoms with E-state index in [0.29, 0.717) is 0 Å². The van der Waals surface area contributed by atoms with E-state index < -0.39 is 0 Å². The highest BCUT2D eigenvalue weighted by atomic mass is 15.2. The van der Waals surface area contributed by atoms with Gasteiger partial charge in [0.1, 0.15) is 0 Å². The van der Waals surface area contributed by atoms with Crippen molar-refractivity contribution in [2.24, 2.45) is 29.6 Å². The fraction of sp³-hybridized carbons (Fsp3) is 1.00. The number of nitrogens with zero attached hydrogens (tertiary/aromatic N) is 2. The quantitative estimate of drug-likeness (QED) is 0.670. The van der Waals surface area contributed by atoms with Gasteiger partial charge in [-0.2, -0.15) is 0 Å². The molecule has 2 aliphatic heterocycles. The number of fused-ring (bicyclic) bond motifs is 3. The Bertz CT molecular complexity index is 301. The Kier molecular flexibility index (Phi) is 4.42. The summed E-state index contributed by atoms with van der Waals surface area (Å²) in [4.78, 5) is 5.06. The van der Waals surface area contributed by atoms with Gasteiger partial charge in [-0.15, -0.1) is 0 Å². The van der Waals surface area contributed by atoms with E-state index in [9.17, 15) is 0 Å². The topological polar surface area (TPSA) is 6.48 Å². The van der Waals surface area contributed by atoms with Crippen molar-refractivity contribution in [2.75, 3.05) is 33.7 Å². The Hall–Kier alpha value is -0.0800. The second kappa shape index (κ2) is 5.96. The molecule has 0 aromatic heterocycles. The van der Waals surface area contributed by atoms with Crippen molar-refractivity contribution in [2.45, 2.75) is 52.0 Å². The van der Waals surface area contributed by atoms with E-state index >= 15 is 0 Å². The van der Waals surface area contributed by atoms with E-state index in [2.05, 4.69) is 37.7 Å². The summed E-state index contributed by atoms with van der Waals surface area (Å²) in [5, 5.41) is 0. The van der Waals surface area contributed by atoms with Crippen molar-refractivity contribution in [1.29, 1.82) is 0 Å². The molecular weight excluding hydrogens is 244 g/mol. The molecule has 2 heterocycles. The lowest BCUT2D eigenvalue weighted by Gasteiger charge is -2.33. The normalized spacial score (nSPS) is 48.0. The lowest BCUT2D eigenvalue weighted by atomic mass is 9.87. The first-order chi connectivity index (χ1) is 9.56. The smallest absolute Gasteiger partial charge is 0.0147 e. The minimum atomic E-state index is 0.944. The number of hydrogen-bond acceptors (Lipinski definition) is 2. The Morgan fingerprint density at radius 2 is 1.35 bits per heavy atom. The molecule has 0 aromatic carbocycles. The lowest BCUT2D eigenvalue weighted by Crippen LogP contribution is -2.38. The number of likely N-dealkylation sites (tertiary alicyclic amines) is 2. The molecular formula is C18H34N2. The van der Waals surface area contributed by atoms with Gasteiger partial charge in [0, 0.05) is 19.1 Å². The summed E-state index contributed by atoms with van der Waals surface area (Å²) >= 11 is 0. The van der Waals surface area contributed by atoms with Crippen LogP contribution in [0.15, 0.2) is 0 Å². The Balaban J connectivity index is 0.000000121. The molecule has 116 valence electrons. The van der Waals surface area contributed by atoms with Crippen LogP contribution in [0.4, 0.5) is 0 Å². The zero-order valence-electron chi connectivity index (χ0n) is 14.0. The maximum Gasteiger partial charge on any atom is 0.0147 e. The average Bonchev–Trinajstić information content (AvgIpc) is 3.00. The molecule has 0 N–H and O–H groups in total. The van der Waals surface area contributed by atoms with Gasteiger partial charge in [-0.1, -0.05) is 13.8 Å². The number of hydrogen-bond donors (Lipinski definition) is 0. The van der Waals surface area contributed by atoms with Crippen molar-refractivity contribution in [1.82, 2.24) is 9.80 Å². The van der Waals surface area contributed by atoms with Crippen LogP contribution in [0.3, 0.4) is 0 Å². The van der Waals surface area contributed by atoms with E-state index in [1.807, 2.05) is 0 Å². The summed E-state index contributed by atoms with van der Waals surface area (Å²) in [7, 11) is 4.55. The minimum Gasteiger partial charge on any atom is -0.306 e. The highest BCUT2D eigenvalue weighted by molar-refractivity contribution is 4.93. The zero-order valence-corrected chi connectivity index (χ0v) is 14.0. The third-order valence-corrected chi connectivity index (χ3v) is 6.91. The van der Waals surface area contributed by atoms with Crippen LogP contribution < -0.4 is 0 Å². The van der Waals surface area contributed by atoms with Crippen molar-refractivity contribution in [3.05, 3.63) is 0 Å². The van der Waals surface area contributed by atoms with E-state index in [-0.39, 0.29) is 0 Å². The van der Waals surface area contributed by atoms with Gasteiger partial charge in [0.05, 0.1) is 0 Å². The van der Waals surface area contributed by atoms with Crippen molar-refractivity contribution < 1.29 is 0 Å². The van der Waals surface area contributed by atoms with Gasteiger partial charge in [-0.25, -0.2) is 0 Å². The minimum absolute atomic E-state index is 0.944. The number of piperidine rings is 1. The fourth-order valence-electron chi connectivity index (χ4n) is 5.64. The molecule has 4 fully saturated rings. The van der Waals surface area contributed by atoms with Crippen molar-refractivity contribution >= 4 is 0 Å². The fourth-order valence-corrected chi connectivity index (χ4v) is 5.64.